The van der Waals surface area contributed by atoms with Crippen LogP contribution in [0.5, 0.6) is 0 Å². The largest absolute Gasteiger partial charge is 0.315 e. The molecule has 2 fully saturated rings. The molecule has 4 nitrogen and oxygen atoms in total. The van der Waals surface area contributed by atoms with Crippen molar-refractivity contribution in [3.8, 4) is 0 Å². The van der Waals surface area contributed by atoms with Crippen molar-refractivity contribution < 1.29 is 0 Å². The molecule has 1 atom stereocenters. The van der Waals surface area contributed by atoms with Gasteiger partial charge in [-0.1, -0.05) is 12.1 Å². The van der Waals surface area contributed by atoms with Gasteiger partial charge in [-0.25, -0.2) is 4.98 Å². The molecular formula is C16H22N4S. The van der Waals surface area contributed by atoms with Gasteiger partial charge in [0.1, 0.15) is 5.01 Å². The minimum atomic E-state index is 0.773. The van der Waals surface area contributed by atoms with E-state index in [1.807, 2.05) is 11.3 Å². The number of rotatable bonds is 3. The molecule has 0 amide bonds. The Bertz CT molecular complexity index is 564. The lowest BCUT2D eigenvalue weighted by Gasteiger charge is -2.37. The van der Waals surface area contributed by atoms with Crippen LogP contribution in [-0.2, 0) is 6.54 Å². The average Bonchev–Trinajstić information content (AvgIpc) is 3.17. The molecular weight excluding hydrogens is 280 g/mol. The summed E-state index contributed by atoms with van der Waals surface area (Å²) in [6.07, 6.45) is 1.32. The van der Waals surface area contributed by atoms with Gasteiger partial charge >= 0.3 is 0 Å². The number of hydrogen-bond acceptors (Lipinski definition) is 5. The molecule has 0 aliphatic carbocycles. The van der Waals surface area contributed by atoms with Crippen molar-refractivity contribution in [2.24, 2.45) is 0 Å². The SMILES string of the molecule is c1ccc2sc(CN3CCN(C4CCNC4)CC3)nc2c1. The smallest absolute Gasteiger partial charge is 0.108 e. The van der Waals surface area contributed by atoms with Gasteiger partial charge in [0.25, 0.3) is 0 Å². The number of hydrogen-bond donors (Lipinski definition) is 1. The molecule has 112 valence electrons. The molecule has 5 heteroatoms. The molecule has 4 rings (SSSR count). The maximum absolute atomic E-state index is 4.76. The van der Waals surface area contributed by atoms with Crippen LogP contribution in [0.15, 0.2) is 24.3 Å². The zero-order valence-corrected chi connectivity index (χ0v) is 13.1. The van der Waals surface area contributed by atoms with Crippen LogP contribution in [0.25, 0.3) is 10.2 Å². The van der Waals surface area contributed by atoms with E-state index >= 15 is 0 Å². The first-order chi connectivity index (χ1) is 10.4. The van der Waals surface area contributed by atoms with Gasteiger partial charge in [0.2, 0.25) is 0 Å². The van der Waals surface area contributed by atoms with Crippen LogP contribution in [0.4, 0.5) is 0 Å². The van der Waals surface area contributed by atoms with Crippen LogP contribution in [0.1, 0.15) is 11.4 Å². The van der Waals surface area contributed by atoms with E-state index in [1.54, 1.807) is 0 Å². The van der Waals surface area contributed by atoms with Crippen LogP contribution in [0.2, 0.25) is 0 Å². The molecule has 0 saturated carbocycles. The molecule has 3 heterocycles. The molecule has 0 radical (unpaired) electrons. The molecule has 1 unspecified atom stereocenters. The Morgan fingerprint density at radius 3 is 2.81 bits per heavy atom. The van der Waals surface area contributed by atoms with Crippen molar-refractivity contribution in [3.05, 3.63) is 29.3 Å². The molecule has 0 spiro atoms. The van der Waals surface area contributed by atoms with Crippen LogP contribution < -0.4 is 5.32 Å². The Labute approximate surface area is 129 Å². The Morgan fingerprint density at radius 2 is 2.05 bits per heavy atom. The maximum Gasteiger partial charge on any atom is 0.108 e. The summed E-state index contributed by atoms with van der Waals surface area (Å²) in [5.74, 6) is 0. The first kappa shape index (κ1) is 13.6. The van der Waals surface area contributed by atoms with Crippen molar-refractivity contribution >= 4 is 21.6 Å². The highest BCUT2D eigenvalue weighted by Crippen LogP contribution is 2.23. The minimum absolute atomic E-state index is 0.773. The van der Waals surface area contributed by atoms with Crippen LogP contribution in [0, 0.1) is 0 Å². The van der Waals surface area contributed by atoms with Gasteiger partial charge in [0.15, 0.2) is 0 Å². The fraction of sp³-hybridized carbons (Fsp3) is 0.562. The fourth-order valence-electron chi connectivity index (χ4n) is 3.42. The average molecular weight is 302 g/mol. The molecule has 1 aromatic heterocycles. The van der Waals surface area contributed by atoms with Gasteiger partial charge in [0, 0.05) is 38.8 Å². The summed E-state index contributed by atoms with van der Waals surface area (Å²) in [6, 6.07) is 9.22. The number of benzene rings is 1. The van der Waals surface area contributed by atoms with Crippen molar-refractivity contribution in [1.29, 1.82) is 0 Å². The van der Waals surface area contributed by atoms with Crippen LogP contribution in [-0.4, -0.2) is 60.1 Å². The monoisotopic (exact) mass is 302 g/mol. The molecule has 0 bridgehead atoms. The van der Waals surface area contributed by atoms with Gasteiger partial charge in [-0.05, 0) is 25.1 Å². The quantitative estimate of drug-likeness (QED) is 0.936. The maximum atomic E-state index is 4.76. The second-order valence-electron chi connectivity index (χ2n) is 6.03. The second-order valence-corrected chi connectivity index (χ2v) is 7.15. The normalized spacial score (nSPS) is 24.9. The Balaban J connectivity index is 1.35. The van der Waals surface area contributed by atoms with E-state index in [2.05, 4.69) is 39.4 Å². The molecule has 21 heavy (non-hydrogen) atoms. The predicted molar refractivity (Wildman–Crippen MR) is 87.7 cm³/mol. The highest BCUT2D eigenvalue weighted by atomic mass is 32.1. The molecule has 1 aromatic carbocycles. The van der Waals surface area contributed by atoms with E-state index in [0.717, 1.165) is 18.1 Å². The third-order valence-corrected chi connectivity index (χ3v) is 5.68. The Morgan fingerprint density at radius 1 is 1.19 bits per heavy atom. The summed E-state index contributed by atoms with van der Waals surface area (Å²) in [6.45, 7) is 8.14. The molecule has 1 N–H and O–H groups in total. The fourth-order valence-corrected chi connectivity index (χ4v) is 4.43. The molecule has 2 saturated heterocycles. The first-order valence-electron chi connectivity index (χ1n) is 7.90. The summed E-state index contributed by atoms with van der Waals surface area (Å²) >= 11 is 1.84. The van der Waals surface area contributed by atoms with E-state index in [0.29, 0.717) is 0 Å². The summed E-state index contributed by atoms with van der Waals surface area (Å²) in [7, 11) is 0. The van der Waals surface area contributed by atoms with Gasteiger partial charge in [0.05, 0.1) is 16.8 Å². The van der Waals surface area contributed by atoms with Gasteiger partial charge < -0.3 is 5.32 Å². The lowest BCUT2D eigenvalue weighted by molar-refractivity contribution is 0.0981. The van der Waals surface area contributed by atoms with Gasteiger partial charge in [-0.15, -0.1) is 11.3 Å². The summed E-state index contributed by atoms with van der Waals surface area (Å²) in [5, 5.41) is 4.73. The van der Waals surface area contributed by atoms with E-state index in [4.69, 9.17) is 4.98 Å². The predicted octanol–water partition coefficient (Wildman–Crippen LogP) is 1.78. The number of nitrogens with zero attached hydrogens (tertiary/aromatic N) is 3. The van der Waals surface area contributed by atoms with Crippen molar-refractivity contribution in [3.63, 3.8) is 0 Å². The number of nitrogens with one attached hydrogen (secondary N) is 1. The number of para-hydroxylation sites is 1. The number of aromatic nitrogens is 1. The highest BCUT2D eigenvalue weighted by Gasteiger charge is 2.26. The van der Waals surface area contributed by atoms with Gasteiger partial charge in [-0.2, -0.15) is 0 Å². The summed E-state index contributed by atoms with van der Waals surface area (Å²) < 4.78 is 1.31. The number of thiazole rings is 1. The standard InChI is InChI=1S/C16H22N4S/c1-2-4-15-14(3-1)18-16(21-15)12-19-7-9-20(10-8-19)13-5-6-17-11-13/h1-4,13,17H,5-12H2. The van der Waals surface area contributed by atoms with Crippen LogP contribution >= 0.6 is 11.3 Å². The number of fused-ring (bicyclic) bond motifs is 1. The van der Waals surface area contributed by atoms with E-state index in [9.17, 15) is 0 Å². The Hall–Kier alpha value is -1.01. The third kappa shape index (κ3) is 2.97. The topological polar surface area (TPSA) is 31.4 Å². The van der Waals surface area contributed by atoms with Crippen molar-refractivity contribution in [2.75, 3.05) is 39.3 Å². The zero-order chi connectivity index (χ0) is 14.1. The van der Waals surface area contributed by atoms with Crippen molar-refractivity contribution in [1.82, 2.24) is 20.1 Å². The molecule has 2 aliphatic rings. The molecule has 2 aliphatic heterocycles. The van der Waals surface area contributed by atoms with Crippen molar-refractivity contribution in [2.45, 2.75) is 19.0 Å². The van der Waals surface area contributed by atoms with E-state index in [1.165, 1.54) is 55.4 Å². The van der Waals surface area contributed by atoms with E-state index < -0.39 is 0 Å². The van der Waals surface area contributed by atoms with Crippen LogP contribution in [0.3, 0.4) is 0 Å². The number of piperazine rings is 1. The second kappa shape index (κ2) is 6.01. The highest BCUT2D eigenvalue weighted by molar-refractivity contribution is 7.18. The molecule has 2 aromatic rings. The zero-order valence-electron chi connectivity index (χ0n) is 12.3. The first-order valence-corrected chi connectivity index (χ1v) is 8.72. The lowest BCUT2D eigenvalue weighted by Crippen LogP contribution is -2.50. The van der Waals surface area contributed by atoms with E-state index in [-0.39, 0.29) is 0 Å². The summed E-state index contributed by atoms with van der Waals surface area (Å²) in [5.41, 5.74) is 1.15. The third-order valence-electron chi connectivity index (χ3n) is 4.65. The minimum Gasteiger partial charge on any atom is -0.315 e. The van der Waals surface area contributed by atoms with Gasteiger partial charge in [-0.3, -0.25) is 9.80 Å². The summed E-state index contributed by atoms with van der Waals surface area (Å²) in [4.78, 5) is 9.97. The lowest BCUT2D eigenvalue weighted by atomic mass is 10.2. The Kier molecular flexibility index (Phi) is 3.90.